The molecule has 1 aromatic heterocycles. The summed E-state index contributed by atoms with van der Waals surface area (Å²) in [5, 5.41) is 0. The zero-order chi connectivity index (χ0) is 7.40. The van der Waals surface area contributed by atoms with E-state index in [0.717, 1.165) is 24.5 Å². The molecule has 0 amide bonds. The molecule has 0 saturated heterocycles. The van der Waals surface area contributed by atoms with Gasteiger partial charge in [0.1, 0.15) is 12.0 Å². The standard InChI is InChI=1S/C7H11N2O/c1-6-8-5-7(9-6)3-4-10-2/h3-4H2,1-2H3,(H,8,9). The molecule has 1 N–H and O–H groups in total. The first-order chi connectivity index (χ1) is 4.83. The smallest absolute Gasteiger partial charge is 0.112 e. The van der Waals surface area contributed by atoms with E-state index in [4.69, 9.17) is 4.74 Å². The van der Waals surface area contributed by atoms with Crippen LogP contribution in [-0.2, 0) is 11.2 Å². The van der Waals surface area contributed by atoms with Crippen molar-refractivity contribution in [2.75, 3.05) is 13.7 Å². The number of aryl methyl sites for hydroxylation is 1. The number of ether oxygens (including phenoxy) is 1. The van der Waals surface area contributed by atoms with Gasteiger partial charge in [0, 0.05) is 19.2 Å². The molecule has 0 aromatic carbocycles. The molecule has 0 atom stereocenters. The van der Waals surface area contributed by atoms with Gasteiger partial charge in [-0.3, -0.25) is 0 Å². The molecule has 3 nitrogen and oxygen atoms in total. The van der Waals surface area contributed by atoms with E-state index in [2.05, 4.69) is 16.2 Å². The largest absolute Gasteiger partial charge is 0.384 e. The fourth-order valence-electron chi connectivity index (χ4n) is 0.748. The number of hydrogen-bond donors (Lipinski definition) is 1. The lowest BCUT2D eigenvalue weighted by Gasteiger charge is -1.92. The molecule has 0 saturated carbocycles. The van der Waals surface area contributed by atoms with E-state index < -0.39 is 0 Å². The third-order valence-electron chi connectivity index (χ3n) is 1.25. The fourth-order valence-corrected chi connectivity index (χ4v) is 0.748. The van der Waals surface area contributed by atoms with Gasteiger partial charge in [0.15, 0.2) is 0 Å². The summed E-state index contributed by atoms with van der Waals surface area (Å²) in [4.78, 5) is 7.00. The number of rotatable bonds is 3. The summed E-state index contributed by atoms with van der Waals surface area (Å²) in [6, 6.07) is 0. The van der Waals surface area contributed by atoms with Crippen LogP contribution in [0.1, 0.15) is 11.5 Å². The van der Waals surface area contributed by atoms with Crippen molar-refractivity contribution in [1.82, 2.24) is 9.97 Å². The predicted molar refractivity (Wildman–Crippen MR) is 37.7 cm³/mol. The summed E-state index contributed by atoms with van der Waals surface area (Å²) in [5.74, 6) is 0.908. The maximum atomic E-state index is 4.89. The third kappa shape index (κ3) is 1.84. The summed E-state index contributed by atoms with van der Waals surface area (Å²) >= 11 is 0. The van der Waals surface area contributed by atoms with Gasteiger partial charge in [-0.1, -0.05) is 0 Å². The average molecular weight is 139 g/mol. The second kappa shape index (κ2) is 3.37. The van der Waals surface area contributed by atoms with Crippen molar-refractivity contribution in [2.24, 2.45) is 0 Å². The Morgan fingerprint density at radius 1 is 1.70 bits per heavy atom. The average Bonchev–Trinajstić information content (AvgIpc) is 2.31. The zero-order valence-corrected chi connectivity index (χ0v) is 6.27. The van der Waals surface area contributed by atoms with Crippen molar-refractivity contribution in [2.45, 2.75) is 13.3 Å². The summed E-state index contributed by atoms with van der Waals surface area (Å²) in [6.07, 6.45) is 3.71. The minimum absolute atomic E-state index is 0.720. The molecule has 3 heteroatoms. The van der Waals surface area contributed by atoms with E-state index >= 15 is 0 Å². The van der Waals surface area contributed by atoms with Gasteiger partial charge >= 0.3 is 0 Å². The molecule has 0 aliphatic rings. The van der Waals surface area contributed by atoms with Crippen molar-refractivity contribution < 1.29 is 4.74 Å². The van der Waals surface area contributed by atoms with Gasteiger partial charge in [0.05, 0.1) is 6.61 Å². The Hall–Kier alpha value is -0.830. The maximum absolute atomic E-state index is 4.89. The van der Waals surface area contributed by atoms with Crippen LogP contribution < -0.4 is 0 Å². The minimum atomic E-state index is 0.720. The molecule has 0 fully saturated rings. The number of methoxy groups -OCH3 is 1. The van der Waals surface area contributed by atoms with Gasteiger partial charge in [-0.2, -0.15) is 0 Å². The summed E-state index contributed by atoms with van der Waals surface area (Å²) < 4.78 is 4.89. The molecule has 1 aromatic rings. The monoisotopic (exact) mass is 139 g/mol. The van der Waals surface area contributed by atoms with Crippen LogP contribution >= 0.6 is 0 Å². The molecule has 0 spiro atoms. The van der Waals surface area contributed by atoms with Crippen LogP contribution in [0.25, 0.3) is 0 Å². The van der Waals surface area contributed by atoms with E-state index in [-0.39, 0.29) is 0 Å². The Morgan fingerprint density at radius 3 is 3.00 bits per heavy atom. The quantitative estimate of drug-likeness (QED) is 0.669. The van der Waals surface area contributed by atoms with Gasteiger partial charge < -0.3 is 9.72 Å². The molecule has 0 aliphatic carbocycles. The molecule has 0 bridgehead atoms. The van der Waals surface area contributed by atoms with Crippen LogP contribution in [0.4, 0.5) is 0 Å². The Kier molecular flexibility index (Phi) is 2.45. The van der Waals surface area contributed by atoms with Gasteiger partial charge in [-0.15, -0.1) is 0 Å². The minimum Gasteiger partial charge on any atom is -0.384 e. The van der Waals surface area contributed by atoms with Crippen LogP contribution in [0.15, 0.2) is 0 Å². The number of hydrogen-bond acceptors (Lipinski definition) is 2. The second-order valence-corrected chi connectivity index (χ2v) is 2.16. The molecule has 1 heterocycles. The van der Waals surface area contributed by atoms with E-state index in [1.807, 2.05) is 6.92 Å². The summed E-state index contributed by atoms with van der Waals surface area (Å²) in [7, 11) is 1.68. The number of aromatic nitrogens is 2. The van der Waals surface area contributed by atoms with E-state index in [1.165, 1.54) is 0 Å². The topological polar surface area (TPSA) is 37.9 Å². The first kappa shape index (κ1) is 7.28. The molecular weight excluding hydrogens is 128 g/mol. The molecular formula is C7H11N2O. The van der Waals surface area contributed by atoms with Crippen LogP contribution in [0.5, 0.6) is 0 Å². The highest BCUT2D eigenvalue weighted by atomic mass is 16.5. The summed E-state index contributed by atoms with van der Waals surface area (Å²) in [6.45, 7) is 2.63. The lowest BCUT2D eigenvalue weighted by atomic mass is 10.3. The number of nitrogens with zero attached hydrogens (tertiary/aromatic N) is 1. The lowest BCUT2D eigenvalue weighted by molar-refractivity contribution is 0.201. The lowest BCUT2D eigenvalue weighted by Crippen LogP contribution is -1.94. The van der Waals surface area contributed by atoms with E-state index in [1.54, 1.807) is 7.11 Å². The number of imidazole rings is 1. The first-order valence-electron chi connectivity index (χ1n) is 3.25. The molecule has 55 valence electrons. The van der Waals surface area contributed by atoms with Crippen LogP contribution in [0, 0.1) is 13.1 Å². The van der Waals surface area contributed by atoms with Crippen molar-refractivity contribution in [3.05, 3.63) is 17.7 Å². The number of H-pyrrole nitrogens is 1. The maximum Gasteiger partial charge on any atom is 0.112 e. The van der Waals surface area contributed by atoms with Crippen LogP contribution in [0.2, 0.25) is 0 Å². The number of aromatic amines is 1. The predicted octanol–water partition coefficient (Wildman–Crippen LogP) is 0.707. The Morgan fingerprint density at radius 2 is 2.50 bits per heavy atom. The highest BCUT2D eigenvalue weighted by Crippen LogP contribution is 1.94. The molecule has 10 heavy (non-hydrogen) atoms. The second-order valence-electron chi connectivity index (χ2n) is 2.16. The van der Waals surface area contributed by atoms with Gasteiger partial charge in [-0.05, 0) is 6.92 Å². The Balaban J connectivity index is 2.42. The van der Waals surface area contributed by atoms with Crippen molar-refractivity contribution in [3.63, 3.8) is 0 Å². The van der Waals surface area contributed by atoms with Crippen molar-refractivity contribution in [3.8, 4) is 0 Å². The molecule has 0 aliphatic heterocycles. The van der Waals surface area contributed by atoms with Gasteiger partial charge in [-0.25, -0.2) is 4.98 Å². The molecule has 1 radical (unpaired) electrons. The summed E-state index contributed by atoms with van der Waals surface area (Å²) in [5.41, 5.74) is 1.01. The highest BCUT2D eigenvalue weighted by molar-refractivity contribution is 4.97. The first-order valence-corrected chi connectivity index (χ1v) is 3.25. The van der Waals surface area contributed by atoms with Crippen molar-refractivity contribution in [1.29, 1.82) is 0 Å². The zero-order valence-electron chi connectivity index (χ0n) is 6.27. The fraction of sp³-hybridized carbons (Fsp3) is 0.571. The SMILES string of the molecule is COCCc1[c]nc(C)[nH]1. The Bertz CT molecular complexity index is 195. The van der Waals surface area contributed by atoms with Gasteiger partial charge in [0.25, 0.3) is 0 Å². The number of nitrogens with one attached hydrogen (secondary N) is 1. The van der Waals surface area contributed by atoms with Gasteiger partial charge in [0.2, 0.25) is 0 Å². The van der Waals surface area contributed by atoms with Crippen molar-refractivity contribution >= 4 is 0 Å². The van der Waals surface area contributed by atoms with E-state index in [9.17, 15) is 0 Å². The highest BCUT2D eigenvalue weighted by Gasteiger charge is 1.95. The van der Waals surface area contributed by atoms with Crippen LogP contribution in [-0.4, -0.2) is 23.7 Å². The third-order valence-corrected chi connectivity index (χ3v) is 1.25. The van der Waals surface area contributed by atoms with E-state index in [0.29, 0.717) is 0 Å². The molecule has 0 unspecified atom stereocenters. The normalized spacial score (nSPS) is 10.2. The van der Waals surface area contributed by atoms with Crippen LogP contribution in [0.3, 0.4) is 0 Å². The Labute approximate surface area is 60.4 Å². The molecule has 1 rings (SSSR count).